The molecule has 0 radical (unpaired) electrons. The van der Waals surface area contributed by atoms with Crippen molar-refractivity contribution in [3.8, 4) is 0 Å². The molecule has 4 heteroatoms. The number of nitrogens with two attached hydrogens (primary N) is 1. The predicted octanol–water partition coefficient (Wildman–Crippen LogP) is 0.401. The van der Waals surface area contributed by atoms with E-state index in [0.29, 0.717) is 10.7 Å². The van der Waals surface area contributed by atoms with Crippen molar-refractivity contribution in [3.05, 3.63) is 18.3 Å². The summed E-state index contributed by atoms with van der Waals surface area (Å²) in [4.78, 5) is 4.49. The highest BCUT2D eigenvalue weighted by atomic mass is 32.2. The molecule has 54 valence electrons. The van der Waals surface area contributed by atoms with Crippen LogP contribution in [-0.2, 0) is 10.8 Å². The van der Waals surface area contributed by atoms with Crippen LogP contribution >= 0.6 is 0 Å². The van der Waals surface area contributed by atoms with Crippen LogP contribution in [0.4, 0.5) is 5.82 Å². The lowest BCUT2D eigenvalue weighted by molar-refractivity contribution is 0.686. The number of aromatic nitrogens is 1. The molecule has 3 nitrogen and oxygen atoms in total. The van der Waals surface area contributed by atoms with E-state index in [1.54, 1.807) is 18.4 Å². The fourth-order valence-electron chi connectivity index (χ4n) is 0.562. The average Bonchev–Trinajstić information content (AvgIpc) is 1.88. The Kier molecular flexibility index (Phi) is 2.01. The Labute approximate surface area is 61.7 Å². The van der Waals surface area contributed by atoms with Crippen LogP contribution in [-0.4, -0.2) is 15.4 Å². The average molecular weight is 156 g/mol. The number of nitrogen functional groups attached to an aromatic ring is 1. The van der Waals surface area contributed by atoms with Gasteiger partial charge in [-0.3, -0.25) is 4.21 Å². The van der Waals surface area contributed by atoms with Crippen molar-refractivity contribution in [1.29, 1.82) is 0 Å². The normalized spacial score (nSPS) is 12.9. The fourth-order valence-corrected chi connectivity index (χ4v) is 1.02. The summed E-state index contributed by atoms with van der Waals surface area (Å²) in [5, 5.41) is 0. The van der Waals surface area contributed by atoms with Gasteiger partial charge in [0.25, 0.3) is 0 Å². The van der Waals surface area contributed by atoms with Crippen LogP contribution in [0.15, 0.2) is 23.2 Å². The summed E-state index contributed by atoms with van der Waals surface area (Å²) >= 11 is 0. The first kappa shape index (κ1) is 7.21. The van der Waals surface area contributed by atoms with E-state index in [2.05, 4.69) is 4.98 Å². The molecule has 0 aliphatic heterocycles. The van der Waals surface area contributed by atoms with Gasteiger partial charge in [0.05, 0.1) is 15.7 Å². The molecule has 1 heterocycles. The number of pyridine rings is 1. The Balaban J connectivity index is 3.00. The zero-order valence-electron chi connectivity index (χ0n) is 5.57. The van der Waals surface area contributed by atoms with Crippen molar-refractivity contribution in [2.24, 2.45) is 0 Å². The summed E-state index contributed by atoms with van der Waals surface area (Å²) in [6.07, 6.45) is 3.12. The van der Waals surface area contributed by atoms with E-state index >= 15 is 0 Å². The van der Waals surface area contributed by atoms with Crippen molar-refractivity contribution in [2.45, 2.75) is 4.90 Å². The van der Waals surface area contributed by atoms with Crippen molar-refractivity contribution < 1.29 is 4.21 Å². The fraction of sp³-hybridized carbons (Fsp3) is 0.167. The van der Waals surface area contributed by atoms with Crippen molar-refractivity contribution in [1.82, 2.24) is 4.98 Å². The largest absolute Gasteiger partial charge is 0.384 e. The van der Waals surface area contributed by atoms with Crippen LogP contribution in [0.1, 0.15) is 0 Å². The summed E-state index contributed by atoms with van der Waals surface area (Å²) < 4.78 is 10.8. The Bertz CT molecular complexity index is 244. The molecule has 10 heavy (non-hydrogen) atoms. The maximum atomic E-state index is 10.8. The molecular weight excluding hydrogens is 148 g/mol. The molecule has 0 aliphatic rings. The molecule has 1 aromatic heterocycles. The SMILES string of the molecule is C[S@@](=O)c1ccc(N)nc1. The number of anilines is 1. The van der Waals surface area contributed by atoms with Gasteiger partial charge in [-0.25, -0.2) is 4.98 Å². The molecule has 1 aromatic rings. The number of hydrogen-bond donors (Lipinski definition) is 1. The van der Waals surface area contributed by atoms with Crippen LogP contribution in [0.25, 0.3) is 0 Å². The van der Waals surface area contributed by atoms with Gasteiger partial charge >= 0.3 is 0 Å². The minimum atomic E-state index is -0.955. The second-order valence-electron chi connectivity index (χ2n) is 1.87. The lowest BCUT2D eigenvalue weighted by atomic mass is 10.5. The van der Waals surface area contributed by atoms with Crippen LogP contribution in [0.3, 0.4) is 0 Å². The quantitative estimate of drug-likeness (QED) is 0.640. The summed E-state index contributed by atoms with van der Waals surface area (Å²) in [7, 11) is -0.955. The van der Waals surface area contributed by atoms with Gasteiger partial charge < -0.3 is 5.73 Å². The van der Waals surface area contributed by atoms with Gasteiger partial charge in [-0.2, -0.15) is 0 Å². The molecule has 0 spiro atoms. The minimum Gasteiger partial charge on any atom is -0.384 e. The summed E-state index contributed by atoms with van der Waals surface area (Å²) in [6, 6.07) is 3.34. The van der Waals surface area contributed by atoms with E-state index in [4.69, 9.17) is 5.73 Å². The van der Waals surface area contributed by atoms with Crippen molar-refractivity contribution >= 4 is 16.6 Å². The van der Waals surface area contributed by atoms with Crippen LogP contribution in [0, 0.1) is 0 Å². The van der Waals surface area contributed by atoms with Crippen molar-refractivity contribution in [3.63, 3.8) is 0 Å². The monoisotopic (exact) mass is 156 g/mol. The second kappa shape index (κ2) is 2.79. The molecule has 1 rings (SSSR count). The highest BCUT2D eigenvalue weighted by Gasteiger charge is 1.94. The highest BCUT2D eigenvalue weighted by Crippen LogP contribution is 2.03. The van der Waals surface area contributed by atoms with E-state index in [1.165, 1.54) is 6.20 Å². The zero-order chi connectivity index (χ0) is 7.56. The second-order valence-corrected chi connectivity index (χ2v) is 3.25. The number of rotatable bonds is 1. The van der Waals surface area contributed by atoms with Gasteiger partial charge in [-0.05, 0) is 12.1 Å². The third-order valence-corrected chi connectivity index (χ3v) is 2.00. The summed E-state index contributed by atoms with van der Waals surface area (Å²) in [5.74, 6) is 0.453. The molecule has 0 bridgehead atoms. The molecule has 2 N–H and O–H groups in total. The lowest BCUT2D eigenvalue weighted by Gasteiger charge is -1.94. The molecule has 0 fully saturated rings. The van der Waals surface area contributed by atoms with Crippen LogP contribution in [0.2, 0.25) is 0 Å². The summed E-state index contributed by atoms with van der Waals surface area (Å²) in [5.41, 5.74) is 5.32. The lowest BCUT2D eigenvalue weighted by Crippen LogP contribution is -1.92. The Morgan fingerprint density at radius 3 is 2.70 bits per heavy atom. The Morgan fingerprint density at radius 1 is 1.60 bits per heavy atom. The van der Waals surface area contributed by atoms with E-state index in [9.17, 15) is 4.21 Å². The zero-order valence-corrected chi connectivity index (χ0v) is 6.39. The maximum absolute atomic E-state index is 10.8. The van der Waals surface area contributed by atoms with Gasteiger partial charge in [-0.1, -0.05) is 0 Å². The smallest absolute Gasteiger partial charge is 0.123 e. The first-order valence-electron chi connectivity index (χ1n) is 2.75. The van der Waals surface area contributed by atoms with E-state index < -0.39 is 10.8 Å². The topological polar surface area (TPSA) is 56.0 Å². The van der Waals surface area contributed by atoms with E-state index in [-0.39, 0.29) is 0 Å². The molecule has 1 atom stereocenters. The van der Waals surface area contributed by atoms with Gasteiger partial charge in [0.1, 0.15) is 5.82 Å². The maximum Gasteiger partial charge on any atom is 0.123 e. The minimum absolute atomic E-state index is 0.453. The summed E-state index contributed by atoms with van der Waals surface area (Å²) in [6.45, 7) is 0. The van der Waals surface area contributed by atoms with Crippen LogP contribution in [0.5, 0.6) is 0 Å². The highest BCUT2D eigenvalue weighted by molar-refractivity contribution is 7.84. The molecular formula is C6H8N2OS. The van der Waals surface area contributed by atoms with Gasteiger partial charge in [-0.15, -0.1) is 0 Å². The third kappa shape index (κ3) is 1.54. The van der Waals surface area contributed by atoms with Gasteiger partial charge in [0.2, 0.25) is 0 Å². The third-order valence-electron chi connectivity index (χ3n) is 1.09. The predicted molar refractivity (Wildman–Crippen MR) is 41.0 cm³/mol. The van der Waals surface area contributed by atoms with E-state index in [1.807, 2.05) is 0 Å². The Hall–Kier alpha value is -0.900. The standard InChI is InChI=1S/C6H8N2OS/c1-10(9)5-2-3-6(7)8-4-5/h2-4H,1H3,(H2,7,8)/t10-/m1/s1. The van der Waals surface area contributed by atoms with Gasteiger partial charge in [0, 0.05) is 12.5 Å². The van der Waals surface area contributed by atoms with E-state index in [0.717, 1.165) is 0 Å². The number of hydrogen-bond acceptors (Lipinski definition) is 3. The molecule has 0 aromatic carbocycles. The van der Waals surface area contributed by atoms with Crippen molar-refractivity contribution in [2.75, 3.05) is 12.0 Å². The molecule has 0 unspecified atom stereocenters. The Morgan fingerprint density at radius 2 is 2.30 bits per heavy atom. The molecule has 0 amide bonds. The first-order chi connectivity index (χ1) is 4.70. The molecule has 0 saturated carbocycles. The number of nitrogens with zero attached hydrogens (tertiary/aromatic N) is 1. The molecule has 0 saturated heterocycles. The molecule has 0 aliphatic carbocycles. The van der Waals surface area contributed by atoms with Crippen LogP contribution < -0.4 is 5.73 Å². The first-order valence-corrected chi connectivity index (χ1v) is 4.31. The van der Waals surface area contributed by atoms with Gasteiger partial charge in [0.15, 0.2) is 0 Å².